The van der Waals surface area contributed by atoms with Gasteiger partial charge >= 0.3 is 0 Å². The Balaban J connectivity index is 0.965. The van der Waals surface area contributed by atoms with E-state index in [1.807, 2.05) is 0 Å². The Hall–Kier alpha value is -9.96. The van der Waals surface area contributed by atoms with E-state index in [2.05, 4.69) is 312 Å². The van der Waals surface area contributed by atoms with Crippen LogP contribution >= 0.6 is 0 Å². The number of fused-ring (bicyclic) bond motifs is 12. The average molecular weight is 968 g/mol. The molecule has 0 amide bonds. The van der Waals surface area contributed by atoms with Gasteiger partial charge in [0.2, 0.25) is 0 Å². The number of benzene rings is 12. The Kier molecular flexibility index (Phi) is 10.1. The van der Waals surface area contributed by atoms with Crippen molar-refractivity contribution >= 4 is 55.9 Å². The molecule has 0 N–H and O–H groups in total. The van der Waals surface area contributed by atoms with Crippen LogP contribution in [0.1, 0.15) is 22.3 Å². The van der Waals surface area contributed by atoms with Crippen LogP contribution in [0.15, 0.2) is 297 Å². The molecule has 3 heteroatoms. The van der Waals surface area contributed by atoms with Gasteiger partial charge in [-0.2, -0.15) is 0 Å². The molecule has 1 aromatic heterocycles. The van der Waals surface area contributed by atoms with Gasteiger partial charge in [0, 0.05) is 39.0 Å². The third-order valence-corrected chi connectivity index (χ3v) is 16.0. The van der Waals surface area contributed by atoms with E-state index in [1.165, 1.54) is 88.8 Å². The fourth-order valence-electron chi connectivity index (χ4n) is 12.9. The third kappa shape index (κ3) is 6.56. The van der Waals surface area contributed by atoms with Gasteiger partial charge in [-0.15, -0.1) is 0 Å². The predicted molar refractivity (Wildman–Crippen MR) is 317 cm³/mol. The lowest BCUT2D eigenvalue weighted by atomic mass is 9.64. The molecule has 0 saturated heterocycles. The topological polar surface area (TPSA) is 11.4 Å². The van der Waals surface area contributed by atoms with Crippen molar-refractivity contribution in [2.45, 2.75) is 5.41 Å². The Bertz CT molecular complexity index is 4300. The maximum atomic E-state index is 2.53. The second-order valence-corrected chi connectivity index (χ2v) is 19.9. The van der Waals surface area contributed by atoms with Crippen molar-refractivity contribution in [1.82, 2.24) is 4.57 Å². The number of nitrogens with zero attached hydrogens (tertiary/aromatic N) is 3. The fraction of sp³-hybridized carbons (Fsp3) is 0.0137. The van der Waals surface area contributed by atoms with Gasteiger partial charge in [0.1, 0.15) is 0 Å². The van der Waals surface area contributed by atoms with Crippen LogP contribution in [0.4, 0.5) is 34.1 Å². The van der Waals surface area contributed by atoms with Gasteiger partial charge in [-0.25, -0.2) is 0 Å². The first-order chi connectivity index (χ1) is 37.8. The molecule has 1 spiro atoms. The van der Waals surface area contributed by atoms with Crippen LogP contribution < -0.4 is 9.80 Å². The number of hydrogen-bond donors (Lipinski definition) is 0. The summed E-state index contributed by atoms with van der Waals surface area (Å²) in [7, 11) is 0. The van der Waals surface area contributed by atoms with Gasteiger partial charge in [-0.1, -0.05) is 224 Å². The number of anilines is 6. The van der Waals surface area contributed by atoms with E-state index in [-0.39, 0.29) is 0 Å². The Morgan fingerprint density at radius 1 is 0.289 bits per heavy atom. The molecule has 76 heavy (non-hydrogen) atoms. The van der Waals surface area contributed by atoms with E-state index >= 15 is 0 Å². The molecule has 13 aromatic rings. The quantitative estimate of drug-likeness (QED) is 0.150. The maximum absolute atomic E-state index is 2.53. The SMILES string of the molecule is c1ccc(-c2ccccc2-c2ccccc2N(c2ccc(-c3ccc4c5ccccc5n(-c5ccccc5)c4c3)cc2)c2cccc3c2-c2ccccc2C32c3ccccc3N(c3ccccc3)c3ccccc32)cc1. The summed E-state index contributed by atoms with van der Waals surface area (Å²) < 4.78 is 2.40. The number of para-hydroxylation sites is 6. The van der Waals surface area contributed by atoms with Crippen LogP contribution in [0.3, 0.4) is 0 Å². The first-order valence-corrected chi connectivity index (χ1v) is 26.3. The minimum Gasteiger partial charge on any atom is -0.310 e. The highest BCUT2D eigenvalue weighted by molar-refractivity contribution is 6.10. The summed E-state index contributed by atoms with van der Waals surface area (Å²) in [4.78, 5) is 4.98. The molecule has 1 aliphatic carbocycles. The van der Waals surface area contributed by atoms with E-state index in [9.17, 15) is 0 Å². The molecule has 2 aliphatic rings. The highest BCUT2D eigenvalue weighted by atomic mass is 15.2. The maximum Gasteiger partial charge on any atom is 0.0755 e. The van der Waals surface area contributed by atoms with E-state index in [1.54, 1.807) is 0 Å². The molecule has 356 valence electrons. The lowest BCUT2D eigenvalue weighted by Gasteiger charge is -2.45. The molecule has 2 heterocycles. The first-order valence-electron chi connectivity index (χ1n) is 26.3. The molecule has 15 rings (SSSR count). The molecule has 0 fully saturated rings. The highest BCUT2D eigenvalue weighted by Gasteiger charge is 2.52. The molecule has 0 bridgehead atoms. The van der Waals surface area contributed by atoms with Gasteiger partial charge in [0.05, 0.1) is 39.2 Å². The molecule has 0 radical (unpaired) electrons. The van der Waals surface area contributed by atoms with Crippen molar-refractivity contribution < 1.29 is 0 Å². The second kappa shape index (κ2) is 17.6. The second-order valence-electron chi connectivity index (χ2n) is 19.9. The summed E-state index contributed by atoms with van der Waals surface area (Å²) in [6.45, 7) is 0. The number of aromatic nitrogens is 1. The van der Waals surface area contributed by atoms with E-state index in [0.29, 0.717) is 0 Å². The Morgan fingerprint density at radius 2 is 0.803 bits per heavy atom. The van der Waals surface area contributed by atoms with Gasteiger partial charge in [-0.3, -0.25) is 0 Å². The molecule has 3 nitrogen and oxygen atoms in total. The van der Waals surface area contributed by atoms with Crippen LogP contribution in [-0.2, 0) is 5.41 Å². The van der Waals surface area contributed by atoms with E-state index < -0.39 is 5.41 Å². The van der Waals surface area contributed by atoms with Crippen LogP contribution in [0.25, 0.3) is 72.0 Å². The molecular formula is C73H49N3. The average Bonchev–Trinajstić information content (AvgIpc) is 4.03. The summed E-state index contributed by atoms with van der Waals surface area (Å²) >= 11 is 0. The van der Waals surface area contributed by atoms with Crippen LogP contribution in [-0.4, -0.2) is 4.57 Å². The van der Waals surface area contributed by atoms with E-state index in [0.717, 1.165) is 39.6 Å². The summed E-state index contributed by atoms with van der Waals surface area (Å²) in [6, 6.07) is 109. The van der Waals surface area contributed by atoms with Crippen molar-refractivity contribution in [1.29, 1.82) is 0 Å². The van der Waals surface area contributed by atoms with Gasteiger partial charge in [0.15, 0.2) is 0 Å². The number of rotatable bonds is 8. The van der Waals surface area contributed by atoms with E-state index in [4.69, 9.17) is 0 Å². The molecule has 1 aliphatic heterocycles. The molecule has 0 unspecified atom stereocenters. The minimum absolute atomic E-state index is 0.615. The Morgan fingerprint density at radius 3 is 1.53 bits per heavy atom. The third-order valence-electron chi connectivity index (χ3n) is 16.0. The van der Waals surface area contributed by atoms with Crippen LogP contribution in [0.2, 0.25) is 0 Å². The fourth-order valence-corrected chi connectivity index (χ4v) is 12.9. The standard InChI is InChI=1S/C73H49N3/c1-4-23-51(24-5-1)56-29-10-11-30-57(56)58-31-13-18-38-66(58)74(55-46-43-50(44-47-55)52-45-48-60-59-32-14-19-39-67(59)75(71(60)49-52)53-25-6-2-7-26-53)70-42-22-37-65-72(70)61-33-12-15-34-62(61)73(65)63-35-16-20-40-68(63)76(54-27-8-3-9-28-54)69-41-21-17-36-64(69)73/h1-49H. The monoisotopic (exact) mass is 967 g/mol. The largest absolute Gasteiger partial charge is 0.310 e. The van der Waals surface area contributed by atoms with Gasteiger partial charge < -0.3 is 14.4 Å². The summed E-state index contributed by atoms with van der Waals surface area (Å²) in [5.74, 6) is 0. The van der Waals surface area contributed by atoms with Crippen molar-refractivity contribution in [2.75, 3.05) is 9.80 Å². The summed E-state index contributed by atoms with van der Waals surface area (Å²) in [6.07, 6.45) is 0. The summed E-state index contributed by atoms with van der Waals surface area (Å²) in [5.41, 5.74) is 24.2. The Labute approximate surface area is 443 Å². The van der Waals surface area contributed by atoms with Crippen LogP contribution in [0.5, 0.6) is 0 Å². The van der Waals surface area contributed by atoms with Crippen molar-refractivity contribution in [3.05, 3.63) is 320 Å². The van der Waals surface area contributed by atoms with Gasteiger partial charge in [-0.05, 0) is 128 Å². The minimum atomic E-state index is -0.615. The first kappa shape index (κ1) is 43.6. The van der Waals surface area contributed by atoms with Crippen LogP contribution in [0, 0.1) is 0 Å². The zero-order valence-corrected chi connectivity index (χ0v) is 41.6. The molecule has 0 atom stereocenters. The predicted octanol–water partition coefficient (Wildman–Crippen LogP) is 19.4. The molecular weight excluding hydrogens is 919 g/mol. The number of hydrogen-bond acceptors (Lipinski definition) is 2. The highest BCUT2D eigenvalue weighted by Crippen LogP contribution is 2.65. The van der Waals surface area contributed by atoms with Crippen molar-refractivity contribution in [2.24, 2.45) is 0 Å². The van der Waals surface area contributed by atoms with Crippen molar-refractivity contribution in [3.8, 4) is 50.2 Å². The zero-order chi connectivity index (χ0) is 50.2. The normalized spacial score (nSPS) is 12.8. The lowest BCUT2D eigenvalue weighted by Crippen LogP contribution is -2.36. The molecule has 0 saturated carbocycles. The lowest BCUT2D eigenvalue weighted by molar-refractivity contribution is 0.752. The zero-order valence-electron chi connectivity index (χ0n) is 41.6. The van der Waals surface area contributed by atoms with Gasteiger partial charge in [0.25, 0.3) is 0 Å². The molecule has 12 aromatic carbocycles. The smallest absolute Gasteiger partial charge is 0.0755 e. The summed E-state index contributed by atoms with van der Waals surface area (Å²) in [5, 5.41) is 2.49. The van der Waals surface area contributed by atoms with Crippen molar-refractivity contribution in [3.63, 3.8) is 0 Å².